The molecule has 6 heteroatoms. The lowest BCUT2D eigenvalue weighted by molar-refractivity contribution is 0.0759. The van der Waals surface area contributed by atoms with Gasteiger partial charge in [0.25, 0.3) is 5.91 Å². The highest BCUT2D eigenvalue weighted by Crippen LogP contribution is 2.31. The van der Waals surface area contributed by atoms with Gasteiger partial charge in [-0.05, 0) is 13.3 Å². The number of aryl methyl sites for hydroxylation is 1. The molecule has 1 aromatic rings. The molecule has 0 spiro atoms. The molecule has 0 unspecified atom stereocenters. The van der Waals surface area contributed by atoms with Crippen LogP contribution in [0.2, 0.25) is 0 Å². The number of anilines is 1. The van der Waals surface area contributed by atoms with Gasteiger partial charge >= 0.3 is 0 Å². The zero-order chi connectivity index (χ0) is 13.3. The number of nitrogens with one attached hydrogen (secondary N) is 1. The Kier molecular flexibility index (Phi) is 3.56. The lowest BCUT2D eigenvalue weighted by Crippen LogP contribution is -2.34. The lowest BCUT2D eigenvalue weighted by atomic mass is 10.1. The molecule has 1 aliphatic heterocycles. The molecular formula is C12H20N4OS. The zero-order valence-corrected chi connectivity index (χ0v) is 11.9. The number of nitrogen functional groups attached to an aromatic ring is 1. The van der Waals surface area contributed by atoms with Crippen LogP contribution in [0.3, 0.4) is 0 Å². The number of carbonyl (C=O) groups excluding carboxylic acids is 1. The molecule has 100 valence electrons. The Balaban J connectivity index is 2.12. The number of nitrogens with two attached hydrogens (primary N) is 1. The van der Waals surface area contributed by atoms with Crippen molar-refractivity contribution in [3.8, 4) is 0 Å². The largest absolute Gasteiger partial charge is 0.395 e. The Labute approximate surface area is 111 Å². The van der Waals surface area contributed by atoms with Crippen molar-refractivity contribution in [1.29, 1.82) is 0 Å². The van der Waals surface area contributed by atoms with Crippen LogP contribution in [0, 0.1) is 6.92 Å². The molecular weight excluding hydrogens is 248 g/mol. The lowest BCUT2D eigenvalue weighted by Gasteiger charge is -2.22. The smallest absolute Gasteiger partial charge is 0.276 e. The molecule has 1 saturated heterocycles. The first-order chi connectivity index (χ1) is 8.41. The monoisotopic (exact) mass is 268 g/mol. The fourth-order valence-corrected chi connectivity index (χ4v) is 3.07. The van der Waals surface area contributed by atoms with Crippen molar-refractivity contribution in [1.82, 2.24) is 15.1 Å². The number of hydrogen-bond donors (Lipinski definition) is 2. The number of amides is 1. The summed E-state index contributed by atoms with van der Waals surface area (Å²) in [4.78, 5) is 14.2. The number of aromatic nitrogens is 2. The van der Waals surface area contributed by atoms with Crippen LogP contribution in [0.5, 0.6) is 0 Å². The third kappa shape index (κ3) is 2.63. The van der Waals surface area contributed by atoms with E-state index in [0.717, 1.165) is 31.0 Å². The van der Waals surface area contributed by atoms with Gasteiger partial charge in [0.15, 0.2) is 5.69 Å². The second-order valence-corrected chi connectivity index (χ2v) is 7.06. The summed E-state index contributed by atoms with van der Waals surface area (Å²) in [5.41, 5.74) is 7.44. The Morgan fingerprint density at radius 2 is 2.22 bits per heavy atom. The maximum atomic E-state index is 12.4. The molecule has 0 aliphatic carbocycles. The van der Waals surface area contributed by atoms with Crippen LogP contribution in [0.15, 0.2) is 0 Å². The number of rotatable bonds is 1. The second kappa shape index (κ2) is 4.84. The second-order valence-electron chi connectivity index (χ2n) is 5.26. The molecule has 1 amide bonds. The van der Waals surface area contributed by atoms with Crippen LogP contribution >= 0.6 is 11.8 Å². The van der Waals surface area contributed by atoms with Gasteiger partial charge in [-0.25, -0.2) is 0 Å². The van der Waals surface area contributed by atoms with Crippen molar-refractivity contribution in [2.45, 2.75) is 31.9 Å². The van der Waals surface area contributed by atoms with Crippen LogP contribution in [0.4, 0.5) is 5.69 Å². The minimum Gasteiger partial charge on any atom is -0.395 e. The molecule has 5 nitrogen and oxygen atoms in total. The first kappa shape index (κ1) is 13.3. The molecule has 0 bridgehead atoms. The quantitative estimate of drug-likeness (QED) is 0.812. The Morgan fingerprint density at radius 3 is 2.83 bits per heavy atom. The zero-order valence-electron chi connectivity index (χ0n) is 11.1. The first-order valence-corrected chi connectivity index (χ1v) is 7.13. The average molecular weight is 268 g/mol. The van der Waals surface area contributed by atoms with E-state index in [1.807, 2.05) is 23.6 Å². The first-order valence-electron chi connectivity index (χ1n) is 6.14. The highest BCUT2D eigenvalue weighted by atomic mass is 32.2. The third-order valence-electron chi connectivity index (χ3n) is 3.32. The minimum absolute atomic E-state index is 0.0600. The van der Waals surface area contributed by atoms with E-state index >= 15 is 0 Å². The van der Waals surface area contributed by atoms with Crippen molar-refractivity contribution < 1.29 is 4.79 Å². The summed E-state index contributed by atoms with van der Waals surface area (Å²) in [6.07, 6.45) is 0.993. The van der Waals surface area contributed by atoms with Crippen LogP contribution in [-0.2, 0) is 0 Å². The molecule has 2 heterocycles. The van der Waals surface area contributed by atoms with Crippen LogP contribution in [-0.4, -0.2) is 44.6 Å². The van der Waals surface area contributed by atoms with Crippen molar-refractivity contribution in [2.24, 2.45) is 0 Å². The summed E-state index contributed by atoms with van der Waals surface area (Å²) in [6.45, 7) is 7.79. The number of hydrogen-bond acceptors (Lipinski definition) is 4. The van der Waals surface area contributed by atoms with Crippen molar-refractivity contribution >= 4 is 23.4 Å². The van der Waals surface area contributed by atoms with E-state index in [2.05, 4.69) is 24.0 Å². The van der Waals surface area contributed by atoms with E-state index in [4.69, 9.17) is 5.73 Å². The van der Waals surface area contributed by atoms with E-state index in [1.165, 1.54) is 0 Å². The van der Waals surface area contributed by atoms with Gasteiger partial charge in [-0.2, -0.15) is 16.9 Å². The molecule has 18 heavy (non-hydrogen) atoms. The topological polar surface area (TPSA) is 75.0 Å². The van der Waals surface area contributed by atoms with Gasteiger partial charge < -0.3 is 10.6 Å². The maximum Gasteiger partial charge on any atom is 0.276 e. The number of carbonyl (C=O) groups is 1. The SMILES string of the molecule is Cc1[nH]nc(C(=O)N2CCSC(C)(C)CC2)c1N. The molecule has 0 atom stereocenters. The Hall–Kier alpha value is -1.17. The predicted octanol–water partition coefficient (Wildman–Crippen LogP) is 1.66. The Bertz CT molecular complexity index is 455. The summed E-state index contributed by atoms with van der Waals surface area (Å²) in [7, 11) is 0. The van der Waals surface area contributed by atoms with Gasteiger partial charge in [0.05, 0.1) is 11.4 Å². The van der Waals surface area contributed by atoms with E-state index in [9.17, 15) is 4.79 Å². The molecule has 0 radical (unpaired) electrons. The van der Waals surface area contributed by atoms with Gasteiger partial charge in [-0.1, -0.05) is 13.8 Å². The average Bonchev–Trinajstić information content (AvgIpc) is 2.53. The third-order valence-corrected chi connectivity index (χ3v) is 4.69. The molecule has 0 aromatic carbocycles. The molecule has 1 fully saturated rings. The van der Waals surface area contributed by atoms with Crippen molar-refractivity contribution in [3.05, 3.63) is 11.4 Å². The van der Waals surface area contributed by atoms with Gasteiger partial charge in [-0.15, -0.1) is 0 Å². The normalized spacial score (nSPS) is 19.6. The maximum absolute atomic E-state index is 12.4. The fraction of sp³-hybridized carbons (Fsp3) is 0.667. The van der Waals surface area contributed by atoms with E-state index in [0.29, 0.717) is 11.4 Å². The molecule has 0 saturated carbocycles. The van der Waals surface area contributed by atoms with Gasteiger partial charge in [0.2, 0.25) is 0 Å². The van der Waals surface area contributed by atoms with E-state index < -0.39 is 0 Å². The summed E-state index contributed by atoms with van der Waals surface area (Å²) >= 11 is 1.91. The summed E-state index contributed by atoms with van der Waals surface area (Å²) in [5.74, 6) is 0.900. The van der Waals surface area contributed by atoms with Gasteiger partial charge in [-0.3, -0.25) is 9.89 Å². The minimum atomic E-state index is -0.0600. The number of thioether (sulfide) groups is 1. The molecule has 2 rings (SSSR count). The van der Waals surface area contributed by atoms with E-state index in [-0.39, 0.29) is 10.7 Å². The highest BCUT2D eigenvalue weighted by Gasteiger charge is 2.28. The van der Waals surface area contributed by atoms with Crippen LogP contribution in [0.25, 0.3) is 0 Å². The Morgan fingerprint density at radius 1 is 1.50 bits per heavy atom. The van der Waals surface area contributed by atoms with Gasteiger partial charge in [0, 0.05) is 23.6 Å². The molecule has 1 aromatic heterocycles. The fourth-order valence-electron chi connectivity index (χ4n) is 1.97. The van der Waals surface area contributed by atoms with Crippen LogP contribution < -0.4 is 5.73 Å². The van der Waals surface area contributed by atoms with Crippen LogP contribution in [0.1, 0.15) is 36.5 Å². The summed E-state index contributed by atoms with van der Waals surface area (Å²) < 4.78 is 0.238. The van der Waals surface area contributed by atoms with E-state index in [1.54, 1.807) is 0 Å². The van der Waals surface area contributed by atoms with Crippen molar-refractivity contribution in [2.75, 3.05) is 24.6 Å². The predicted molar refractivity (Wildman–Crippen MR) is 74.8 cm³/mol. The molecule has 1 aliphatic rings. The van der Waals surface area contributed by atoms with Crippen molar-refractivity contribution in [3.63, 3.8) is 0 Å². The number of nitrogens with zero attached hydrogens (tertiary/aromatic N) is 2. The standard InChI is InChI=1S/C12H20N4OS/c1-8-9(13)10(15-14-8)11(17)16-5-4-12(2,3)18-7-6-16/h4-7,13H2,1-3H3,(H,14,15). The number of aromatic amines is 1. The number of H-pyrrole nitrogens is 1. The van der Waals surface area contributed by atoms with Gasteiger partial charge in [0.1, 0.15) is 0 Å². The highest BCUT2D eigenvalue weighted by molar-refractivity contribution is 8.00. The molecule has 3 N–H and O–H groups in total. The summed E-state index contributed by atoms with van der Waals surface area (Å²) in [6, 6.07) is 0. The summed E-state index contributed by atoms with van der Waals surface area (Å²) in [5, 5.41) is 6.77.